The van der Waals surface area contributed by atoms with Crippen molar-refractivity contribution in [1.82, 2.24) is 9.78 Å². The van der Waals surface area contributed by atoms with Crippen LogP contribution in [0.15, 0.2) is 12.3 Å². The highest BCUT2D eigenvalue weighted by molar-refractivity contribution is 5.90. The van der Waals surface area contributed by atoms with Crippen LogP contribution in [0.1, 0.15) is 24.6 Å². The third kappa shape index (κ3) is 3.13. The first-order chi connectivity index (χ1) is 11.3. The molecule has 1 heterocycles. The molecule has 1 amide bonds. The maximum Gasteiger partial charge on any atom is 0.246 e. The number of aromatic nitrogens is 2. The lowest BCUT2D eigenvalue weighted by Gasteiger charge is -2.15. The molecule has 0 saturated carbocycles. The maximum absolute atomic E-state index is 13.6. The lowest BCUT2D eigenvalue weighted by Crippen LogP contribution is -2.21. The van der Waals surface area contributed by atoms with E-state index in [0.717, 1.165) is 30.5 Å². The quantitative estimate of drug-likeness (QED) is 0.688. The van der Waals surface area contributed by atoms with Gasteiger partial charge >= 0.3 is 0 Å². The van der Waals surface area contributed by atoms with Crippen molar-refractivity contribution in [2.24, 2.45) is 5.92 Å². The third-order valence-electron chi connectivity index (χ3n) is 4.05. The summed E-state index contributed by atoms with van der Waals surface area (Å²) >= 11 is 0. The van der Waals surface area contributed by atoms with Crippen LogP contribution in [0.25, 0.3) is 0 Å². The zero-order valence-electron chi connectivity index (χ0n) is 12.9. The highest BCUT2D eigenvalue weighted by Gasteiger charge is 2.22. The van der Waals surface area contributed by atoms with Crippen LogP contribution >= 0.6 is 0 Å². The van der Waals surface area contributed by atoms with Crippen molar-refractivity contribution in [2.45, 2.75) is 32.7 Å². The van der Waals surface area contributed by atoms with Gasteiger partial charge in [-0.3, -0.25) is 9.48 Å². The molecule has 0 saturated heterocycles. The molecular formula is C16H15F4N3O. The molecule has 0 radical (unpaired) electrons. The number of anilines is 1. The Morgan fingerprint density at radius 2 is 1.96 bits per heavy atom. The van der Waals surface area contributed by atoms with E-state index in [9.17, 15) is 22.4 Å². The van der Waals surface area contributed by atoms with Gasteiger partial charge in [-0.1, -0.05) is 6.92 Å². The summed E-state index contributed by atoms with van der Waals surface area (Å²) in [6, 6.07) is 0.0864. The molecule has 0 bridgehead atoms. The van der Waals surface area contributed by atoms with Crippen LogP contribution in [-0.4, -0.2) is 15.7 Å². The summed E-state index contributed by atoms with van der Waals surface area (Å²) < 4.78 is 54.7. The SMILES string of the molecule is C[C@@H]1CCc2nn(CC(=O)Nc3c(F)c(F)cc(F)c3F)cc2C1. The number of rotatable bonds is 3. The second-order valence-corrected chi connectivity index (χ2v) is 6.04. The van der Waals surface area contributed by atoms with E-state index >= 15 is 0 Å². The minimum absolute atomic E-state index is 0.0864. The summed E-state index contributed by atoms with van der Waals surface area (Å²) in [6.07, 6.45) is 4.39. The van der Waals surface area contributed by atoms with E-state index in [1.807, 2.05) is 5.32 Å². The van der Waals surface area contributed by atoms with Crippen LogP contribution in [0.5, 0.6) is 0 Å². The number of nitrogens with one attached hydrogen (secondary N) is 1. The number of aryl methyl sites for hydroxylation is 1. The van der Waals surface area contributed by atoms with Gasteiger partial charge in [0, 0.05) is 12.3 Å². The number of fused-ring (bicyclic) bond motifs is 1. The van der Waals surface area contributed by atoms with Gasteiger partial charge in [0.1, 0.15) is 12.2 Å². The van der Waals surface area contributed by atoms with Crippen molar-refractivity contribution in [3.05, 3.63) is 46.8 Å². The molecule has 1 aromatic carbocycles. The predicted octanol–water partition coefficient (Wildman–Crippen LogP) is 3.20. The Balaban J connectivity index is 1.75. The molecular weight excluding hydrogens is 326 g/mol. The number of benzene rings is 1. The molecule has 1 aliphatic carbocycles. The molecule has 24 heavy (non-hydrogen) atoms. The summed E-state index contributed by atoms with van der Waals surface area (Å²) in [5.74, 6) is -6.74. The Morgan fingerprint density at radius 3 is 2.62 bits per heavy atom. The summed E-state index contributed by atoms with van der Waals surface area (Å²) in [7, 11) is 0. The van der Waals surface area contributed by atoms with Crippen LogP contribution < -0.4 is 5.32 Å². The molecule has 1 N–H and O–H groups in total. The normalized spacial score (nSPS) is 16.8. The van der Waals surface area contributed by atoms with Crippen molar-refractivity contribution in [1.29, 1.82) is 0 Å². The van der Waals surface area contributed by atoms with Gasteiger partial charge in [0.15, 0.2) is 23.3 Å². The molecule has 3 rings (SSSR count). The average Bonchev–Trinajstić information content (AvgIpc) is 2.90. The van der Waals surface area contributed by atoms with Gasteiger partial charge in [-0.15, -0.1) is 0 Å². The highest BCUT2D eigenvalue weighted by atomic mass is 19.2. The number of halogens is 4. The topological polar surface area (TPSA) is 46.9 Å². The minimum Gasteiger partial charge on any atom is -0.319 e. The molecule has 2 aromatic rings. The number of hydrogen-bond acceptors (Lipinski definition) is 2. The first kappa shape index (κ1) is 16.5. The van der Waals surface area contributed by atoms with E-state index < -0.39 is 34.9 Å². The number of carbonyl (C=O) groups excluding carboxylic acids is 1. The molecule has 8 heteroatoms. The van der Waals surface area contributed by atoms with Crippen molar-refractivity contribution in [2.75, 3.05) is 5.32 Å². The minimum atomic E-state index is -1.64. The van der Waals surface area contributed by atoms with Gasteiger partial charge in [-0.05, 0) is 30.7 Å². The fraction of sp³-hybridized carbons (Fsp3) is 0.375. The molecule has 0 spiro atoms. The molecule has 1 atom stereocenters. The molecule has 1 aromatic heterocycles. The van der Waals surface area contributed by atoms with Gasteiger partial charge in [0.25, 0.3) is 0 Å². The fourth-order valence-electron chi connectivity index (χ4n) is 2.83. The second kappa shape index (κ2) is 6.26. The molecule has 0 unspecified atom stereocenters. The zero-order chi connectivity index (χ0) is 17.4. The van der Waals surface area contributed by atoms with Gasteiger partial charge < -0.3 is 5.32 Å². The Bertz CT molecular complexity index is 777. The average molecular weight is 341 g/mol. The highest BCUT2D eigenvalue weighted by Crippen LogP contribution is 2.25. The zero-order valence-corrected chi connectivity index (χ0v) is 12.9. The standard InChI is InChI=1S/C16H15F4N3O/c1-8-2-3-12-9(4-8)6-23(22-12)7-13(24)21-16-14(19)10(17)5-11(18)15(16)20/h5-6,8H,2-4,7H2,1H3,(H,21,24)/t8-/m1/s1. The number of amides is 1. The summed E-state index contributed by atoms with van der Waals surface area (Å²) in [6.45, 7) is 1.81. The van der Waals surface area contributed by atoms with Crippen LogP contribution in [0, 0.1) is 29.2 Å². The molecule has 4 nitrogen and oxygen atoms in total. The van der Waals surface area contributed by atoms with E-state index in [4.69, 9.17) is 0 Å². The van der Waals surface area contributed by atoms with Gasteiger partial charge in [-0.2, -0.15) is 5.10 Å². The lowest BCUT2D eigenvalue weighted by atomic mass is 9.89. The van der Waals surface area contributed by atoms with Crippen LogP contribution in [0.4, 0.5) is 23.2 Å². The first-order valence-corrected chi connectivity index (χ1v) is 7.53. The van der Waals surface area contributed by atoms with E-state index in [0.29, 0.717) is 5.92 Å². The smallest absolute Gasteiger partial charge is 0.246 e. The summed E-state index contributed by atoms with van der Waals surface area (Å²) in [5, 5.41) is 6.13. The van der Waals surface area contributed by atoms with Crippen LogP contribution in [0.2, 0.25) is 0 Å². The van der Waals surface area contributed by atoms with E-state index in [2.05, 4.69) is 12.0 Å². The maximum atomic E-state index is 13.6. The fourth-order valence-corrected chi connectivity index (χ4v) is 2.83. The van der Waals surface area contributed by atoms with Crippen LogP contribution in [0.3, 0.4) is 0 Å². The second-order valence-electron chi connectivity index (χ2n) is 6.04. The van der Waals surface area contributed by atoms with Crippen molar-refractivity contribution < 1.29 is 22.4 Å². The molecule has 0 fully saturated rings. The number of hydrogen-bond donors (Lipinski definition) is 1. The van der Waals surface area contributed by atoms with Gasteiger partial charge in [0.05, 0.1) is 5.69 Å². The molecule has 0 aliphatic heterocycles. The Hall–Kier alpha value is -2.38. The number of nitrogens with zero attached hydrogens (tertiary/aromatic N) is 2. The Morgan fingerprint density at radius 1 is 1.29 bits per heavy atom. The lowest BCUT2D eigenvalue weighted by molar-refractivity contribution is -0.117. The Labute approximate surface area is 135 Å². The first-order valence-electron chi connectivity index (χ1n) is 7.53. The van der Waals surface area contributed by atoms with E-state index in [-0.39, 0.29) is 12.6 Å². The van der Waals surface area contributed by atoms with Crippen LogP contribution in [-0.2, 0) is 24.2 Å². The van der Waals surface area contributed by atoms with Gasteiger partial charge in [0.2, 0.25) is 5.91 Å². The third-order valence-corrected chi connectivity index (χ3v) is 4.05. The summed E-state index contributed by atoms with van der Waals surface area (Å²) in [4.78, 5) is 11.9. The molecule has 128 valence electrons. The van der Waals surface area contributed by atoms with E-state index in [1.165, 1.54) is 4.68 Å². The summed E-state index contributed by atoms with van der Waals surface area (Å²) in [5.41, 5.74) is 0.800. The molecule has 1 aliphatic rings. The van der Waals surface area contributed by atoms with Crippen molar-refractivity contribution in [3.63, 3.8) is 0 Å². The van der Waals surface area contributed by atoms with Crippen molar-refractivity contribution >= 4 is 11.6 Å². The van der Waals surface area contributed by atoms with Gasteiger partial charge in [-0.25, -0.2) is 17.6 Å². The van der Waals surface area contributed by atoms with E-state index in [1.54, 1.807) is 6.20 Å². The predicted molar refractivity (Wildman–Crippen MR) is 78.3 cm³/mol. The Kier molecular flexibility index (Phi) is 4.29. The largest absolute Gasteiger partial charge is 0.319 e. The monoisotopic (exact) mass is 341 g/mol. The number of carbonyl (C=O) groups is 1. The van der Waals surface area contributed by atoms with Crippen molar-refractivity contribution in [3.8, 4) is 0 Å².